The van der Waals surface area contributed by atoms with Gasteiger partial charge < -0.3 is 19.5 Å². The van der Waals surface area contributed by atoms with Gasteiger partial charge in [-0.25, -0.2) is 18.0 Å². The Morgan fingerprint density at radius 2 is 1.73 bits per heavy atom. The normalized spacial score (nSPS) is 19.0. The van der Waals surface area contributed by atoms with Crippen LogP contribution in [0.25, 0.3) is 0 Å². The number of nitrogens with one attached hydrogen (secondary N) is 1. The average Bonchev–Trinajstić information content (AvgIpc) is 3.23. The average molecular weight is 587 g/mol. The lowest BCUT2D eigenvalue weighted by Crippen LogP contribution is -2.51. The number of ether oxygens (including phenoxy) is 3. The fourth-order valence-corrected chi connectivity index (χ4v) is 6.82. The standard InChI is InChI=1S/C29H38N4O7S/c1-5-33-23(20-31-16-11-17-32(19-18-31)41(36,37)21-12-8-7-9-13-21)25(28(34)40-6-2)26(30-29(33)35)22-14-10-15-24(38-3)27(22)39-4/h7-10,12-15,26H,5-6,11,16-20H2,1-4H3,(H,30,35). The summed E-state index contributed by atoms with van der Waals surface area (Å²) in [6.45, 7) is 5.99. The van der Waals surface area contributed by atoms with E-state index in [1.165, 1.54) is 18.5 Å². The predicted octanol–water partition coefficient (Wildman–Crippen LogP) is 3.00. The first kappa shape index (κ1) is 30.4. The van der Waals surface area contributed by atoms with Crippen LogP contribution in [0.1, 0.15) is 31.9 Å². The van der Waals surface area contributed by atoms with Gasteiger partial charge in [-0.15, -0.1) is 0 Å². The van der Waals surface area contributed by atoms with Gasteiger partial charge in [0.15, 0.2) is 11.5 Å². The van der Waals surface area contributed by atoms with Gasteiger partial charge in [-0.2, -0.15) is 4.31 Å². The fraction of sp³-hybridized carbons (Fsp3) is 0.448. The zero-order valence-electron chi connectivity index (χ0n) is 24.0. The number of benzene rings is 2. The van der Waals surface area contributed by atoms with Crippen LogP contribution in [0.4, 0.5) is 4.79 Å². The monoisotopic (exact) mass is 586 g/mol. The molecule has 0 radical (unpaired) electrons. The summed E-state index contributed by atoms with van der Waals surface area (Å²) in [5, 5.41) is 2.96. The van der Waals surface area contributed by atoms with Crippen molar-refractivity contribution in [2.45, 2.75) is 31.2 Å². The highest BCUT2D eigenvalue weighted by atomic mass is 32.2. The van der Waals surface area contributed by atoms with E-state index in [0.717, 1.165) is 0 Å². The summed E-state index contributed by atoms with van der Waals surface area (Å²) in [4.78, 5) is 30.8. The van der Waals surface area contributed by atoms with Gasteiger partial charge in [0.25, 0.3) is 0 Å². The minimum absolute atomic E-state index is 0.160. The SMILES string of the molecule is CCOC(=O)C1=C(CN2CCCN(S(=O)(=O)c3ccccc3)CC2)N(CC)C(=O)NC1c1cccc(OC)c1OC. The summed E-state index contributed by atoms with van der Waals surface area (Å²) in [7, 11) is -0.609. The molecule has 2 aliphatic heterocycles. The third-order valence-corrected chi connectivity index (χ3v) is 9.21. The Morgan fingerprint density at radius 3 is 2.39 bits per heavy atom. The first-order chi connectivity index (χ1) is 19.8. The molecule has 1 fully saturated rings. The number of urea groups is 1. The quantitative estimate of drug-likeness (QED) is 0.423. The van der Waals surface area contributed by atoms with E-state index in [2.05, 4.69) is 10.2 Å². The largest absolute Gasteiger partial charge is 0.493 e. The van der Waals surface area contributed by atoms with Crippen molar-refractivity contribution in [3.05, 3.63) is 65.4 Å². The second-order valence-electron chi connectivity index (χ2n) is 9.64. The number of likely N-dealkylation sites (N-methyl/N-ethyl adjacent to an activating group) is 1. The summed E-state index contributed by atoms with van der Waals surface area (Å²) in [5.41, 5.74) is 1.38. The summed E-state index contributed by atoms with van der Waals surface area (Å²) in [6.07, 6.45) is 0.597. The molecule has 0 aliphatic carbocycles. The molecule has 2 aliphatic rings. The van der Waals surface area contributed by atoms with E-state index >= 15 is 0 Å². The van der Waals surface area contributed by atoms with E-state index in [0.29, 0.717) is 60.9 Å². The lowest BCUT2D eigenvalue weighted by Gasteiger charge is -2.38. The molecule has 1 saturated heterocycles. The second kappa shape index (κ2) is 13.4. The minimum Gasteiger partial charge on any atom is -0.493 e. The molecule has 4 rings (SSSR count). The molecule has 41 heavy (non-hydrogen) atoms. The van der Waals surface area contributed by atoms with Crippen LogP contribution in [-0.2, 0) is 19.6 Å². The lowest BCUT2D eigenvalue weighted by molar-refractivity contribution is -0.139. The molecule has 0 aromatic heterocycles. The molecule has 1 N–H and O–H groups in total. The van der Waals surface area contributed by atoms with Gasteiger partial charge in [0, 0.05) is 44.0 Å². The number of methoxy groups -OCH3 is 2. The first-order valence-corrected chi connectivity index (χ1v) is 15.2. The Bertz CT molecular complexity index is 1380. The Morgan fingerprint density at radius 1 is 0.976 bits per heavy atom. The zero-order valence-corrected chi connectivity index (χ0v) is 24.8. The number of esters is 1. The van der Waals surface area contributed by atoms with Crippen molar-refractivity contribution in [2.24, 2.45) is 0 Å². The van der Waals surface area contributed by atoms with Crippen LogP contribution in [0.3, 0.4) is 0 Å². The number of para-hydroxylation sites is 1. The molecule has 1 unspecified atom stereocenters. The van der Waals surface area contributed by atoms with Gasteiger partial charge in [-0.3, -0.25) is 9.80 Å². The van der Waals surface area contributed by atoms with Gasteiger partial charge in [0.05, 0.1) is 37.3 Å². The van der Waals surface area contributed by atoms with Crippen molar-refractivity contribution < 1.29 is 32.2 Å². The summed E-state index contributed by atoms with van der Waals surface area (Å²) < 4.78 is 44.6. The Kier molecular flexibility index (Phi) is 9.90. The summed E-state index contributed by atoms with van der Waals surface area (Å²) in [5.74, 6) is 0.330. The Hall–Kier alpha value is -3.61. The van der Waals surface area contributed by atoms with Crippen LogP contribution in [0, 0.1) is 0 Å². The molecule has 2 heterocycles. The lowest BCUT2D eigenvalue weighted by atomic mass is 9.93. The summed E-state index contributed by atoms with van der Waals surface area (Å²) >= 11 is 0. The van der Waals surface area contributed by atoms with Crippen molar-refractivity contribution in [1.82, 2.24) is 19.4 Å². The van der Waals surface area contributed by atoms with Gasteiger partial charge >= 0.3 is 12.0 Å². The minimum atomic E-state index is -3.64. The highest BCUT2D eigenvalue weighted by molar-refractivity contribution is 7.89. The van der Waals surface area contributed by atoms with Crippen molar-refractivity contribution in [2.75, 3.05) is 60.1 Å². The molecule has 0 saturated carbocycles. The number of hydrogen-bond acceptors (Lipinski definition) is 8. The van der Waals surface area contributed by atoms with Crippen molar-refractivity contribution in [1.29, 1.82) is 0 Å². The number of rotatable bonds is 10. The number of sulfonamides is 1. The van der Waals surface area contributed by atoms with Crippen molar-refractivity contribution >= 4 is 22.0 Å². The number of amides is 2. The molecule has 2 aromatic carbocycles. The first-order valence-electron chi connectivity index (χ1n) is 13.7. The molecule has 11 nitrogen and oxygen atoms in total. The summed E-state index contributed by atoms with van der Waals surface area (Å²) in [6, 6.07) is 12.5. The molecule has 1 atom stereocenters. The van der Waals surface area contributed by atoms with Gasteiger partial charge in [0.1, 0.15) is 0 Å². The van der Waals surface area contributed by atoms with E-state index in [4.69, 9.17) is 14.2 Å². The molecule has 2 aromatic rings. The van der Waals surface area contributed by atoms with E-state index in [9.17, 15) is 18.0 Å². The van der Waals surface area contributed by atoms with Gasteiger partial charge in [-0.05, 0) is 45.0 Å². The van der Waals surface area contributed by atoms with E-state index in [-0.39, 0.29) is 30.6 Å². The van der Waals surface area contributed by atoms with Crippen LogP contribution >= 0.6 is 0 Å². The van der Waals surface area contributed by atoms with Crippen molar-refractivity contribution in [3.63, 3.8) is 0 Å². The van der Waals surface area contributed by atoms with E-state index in [1.54, 1.807) is 60.4 Å². The molecular weight excluding hydrogens is 548 g/mol. The predicted molar refractivity (Wildman–Crippen MR) is 153 cm³/mol. The third-order valence-electron chi connectivity index (χ3n) is 7.30. The van der Waals surface area contributed by atoms with Crippen LogP contribution in [0.15, 0.2) is 64.7 Å². The Balaban J connectivity index is 1.71. The molecule has 0 spiro atoms. The van der Waals surface area contributed by atoms with Crippen LogP contribution < -0.4 is 14.8 Å². The molecule has 0 bridgehead atoms. The smallest absolute Gasteiger partial charge is 0.338 e. The molecular formula is C29H38N4O7S. The fourth-order valence-electron chi connectivity index (χ4n) is 5.33. The Labute approximate surface area is 241 Å². The third kappa shape index (κ3) is 6.34. The number of carbonyl (C=O) groups excluding carboxylic acids is 2. The maximum atomic E-state index is 13.5. The number of hydrogen-bond donors (Lipinski definition) is 1. The second-order valence-corrected chi connectivity index (χ2v) is 11.6. The number of nitrogens with zero attached hydrogens (tertiary/aromatic N) is 3. The van der Waals surface area contributed by atoms with Crippen molar-refractivity contribution in [3.8, 4) is 11.5 Å². The topological polar surface area (TPSA) is 118 Å². The van der Waals surface area contributed by atoms with Gasteiger partial charge in [-0.1, -0.05) is 30.3 Å². The van der Waals surface area contributed by atoms with E-state index < -0.39 is 22.0 Å². The molecule has 12 heteroatoms. The zero-order chi connectivity index (χ0) is 29.6. The highest BCUT2D eigenvalue weighted by Gasteiger charge is 2.40. The molecule has 222 valence electrons. The maximum Gasteiger partial charge on any atom is 0.338 e. The molecule has 2 amide bonds. The van der Waals surface area contributed by atoms with Crippen LogP contribution in [0.5, 0.6) is 11.5 Å². The number of carbonyl (C=O) groups is 2. The highest BCUT2D eigenvalue weighted by Crippen LogP contribution is 2.40. The van der Waals surface area contributed by atoms with Crippen LogP contribution in [-0.4, -0.2) is 94.6 Å². The van der Waals surface area contributed by atoms with E-state index in [1.807, 2.05) is 6.92 Å². The maximum absolute atomic E-state index is 13.5. The van der Waals surface area contributed by atoms with Crippen LogP contribution in [0.2, 0.25) is 0 Å². The van der Waals surface area contributed by atoms with Gasteiger partial charge in [0.2, 0.25) is 10.0 Å².